The number of hydrazone groups is 1. The second-order valence-corrected chi connectivity index (χ2v) is 9.69. The largest absolute Gasteiger partial charge is 0.422 e. The molecule has 0 saturated carbocycles. The number of rotatable bonds is 6. The van der Waals surface area contributed by atoms with Gasteiger partial charge in [-0.25, -0.2) is 10.2 Å². The van der Waals surface area contributed by atoms with Gasteiger partial charge in [0, 0.05) is 27.1 Å². The van der Waals surface area contributed by atoms with Gasteiger partial charge in [-0.3, -0.25) is 4.79 Å². The van der Waals surface area contributed by atoms with Crippen LogP contribution in [0.5, 0.6) is 5.75 Å². The summed E-state index contributed by atoms with van der Waals surface area (Å²) in [7, 11) is 0. The zero-order chi connectivity index (χ0) is 31.6. The number of hydrogen-bond donors (Lipinski definition) is 2. The molecule has 0 spiro atoms. The smallest absolute Gasteiger partial charge is 0.418 e. The van der Waals surface area contributed by atoms with E-state index in [1.54, 1.807) is 24.3 Å². The Morgan fingerprint density at radius 2 is 1.55 bits per heavy atom. The van der Waals surface area contributed by atoms with Gasteiger partial charge in [0.15, 0.2) is 0 Å². The molecule has 0 bridgehead atoms. The molecular formula is C31H18ClF6N3O3. The maximum Gasteiger partial charge on any atom is 0.418 e. The molecule has 0 radical (unpaired) electrons. The van der Waals surface area contributed by atoms with Crippen molar-refractivity contribution in [2.75, 3.05) is 0 Å². The van der Waals surface area contributed by atoms with Gasteiger partial charge >= 0.3 is 18.3 Å². The number of fused-ring (bicyclic) bond motifs is 1. The van der Waals surface area contributed by atoms with Crippen LogP contribution in [-0.2, 0) is 12.4 Å². The molecule has 0 unspecified atom stereocenters. The van der Waals surface area contributed by atoms with E-state index >= 15 is 0 Å². The number of ether oxygens (including phenoxy) is 1. The van der Waals surface area contributed by atoms with E-state index in [1.807, 2.05) is 0 Å². The second-order valence-electron chi connectivity index (χ2n) is 9.29. The fourth-order valence-corrected chi connectivity index (χ4v) is 4.68. The number of carbonyl (C=O) groups is 2. The van der Waals surface area contributed by atoms with Crippen molar-refractivity contribution in [3.8, 4) is 16.9 Å². The summed E-state index contributed by atoms with van der Waals surface area (Å²) in [6, 6.07) is 19.4. The lowest BCUT2D eigenvalue weighted by Crippen LogP contribution is -2.19. The van der Waals surface area contributed by atoms with Crippen LogP contribution in [0.15, 0.2) is 96.1 Å². The van der Waals surface area contributed by atoms with Crippen molar-refractivity contribution in [2.45, 2.75) is 12.4 Å². The Morgan fingerprint density at radius 3 is 2.27 bits per heavy atom. The average molecular weight is 630 g/mol. The summed E-state index contributed by atoms with van der Waals surface area (Å²) in [5.41, 5.74) is -0.0872. The van der Waals surface area contributed by atoms with Gasteiger partial charge < -0.3 is 9.72 Å². The number of halogens is 7. The quantitative estimate of drug-likeness (QED) is 0.0649. The first-order chi connectivity index (χ1) is 20.8. The number of carbonyl (C=O) groups excluding carboxylic acids is 2. The summed E-state index contributed by atoms with van der Waals surface area (Å²) < 4.78 is 85.8. The molecule has 2 N–H and O–H groups in total. The molecule has 1 heterocycles. The molecule has 13 heteroatoms. The van der Waals surface area contributed by atoms with Crippen molar-refractivity contribution in [3.63, 3.8) is 0 Å². The molecular weight excluding hydrogens is 612 g/mol. The lowest BCUT2D eigenvalue weighted by Gasteiger charge is -2.10. The van der Waals surface area contributed by atoms with Crippen molar-refractivity contribution in [3.05, 3.63) is 124 Å². The number of hydrogen-bond acceptors (Lipinski definition) is 4. The number of H-pyrrole nitrogens is 1. The van der Waals surface area contributed by atoms with Gasteiger partial charge in [-0.05, 0) is 42.5 Å². The molecule has 44 heavy (non-hydrogen) atoms. The van der Waals surface area contributed by atoms with E-state index in [0.717, 1.165) is 30.5 Å². The maximum absolute atomic E-state index is 13.8. The van der Waals surface area contributed by atoms with Crippen LogP contribution in [0.2, 0.25) is 5.02 Å². The fourth-order valence-electron chi connectivity index (χ4n) is 4.45. The lowest BCUT2D eigenvalue weighted by molar-refractivity contribution is -0.138. The molecule has 224 valence electrons. The van der Waals surface area contributed by atoms with Gasteiger partial charge in [0.2, 0.25) is 0 Å². The second kappa shape index (κ2) is 11.9. The number of para-hydroxylation sites is 2. The standard InChI is InChI=1S/C31H18ClF6N3O3/c32-23-13-3-2-10-20(23)25-21-11-6-12-22(31(36,37)38)26(21)40-27(25)28(42)41-39-16-18-7-1-4-14-24(18)44-29(43)17-8-5-9-19(15-17)30(33,34)35/h1-16,40H,(H,41,42). The predicted octanol–water partition coefficient (Wildman–Crippen LogP) is 8.51. The monoisotopic (exact) mass is 629 g/mol. The average Bonchev–Trinajstić information content (AvgIpc) is 3.37. The lowest BCUT2D eigenvalue weighted by atomic mass is 10.00. The minimum atomic E-state index is -4.72. The van der Waals surface area contributed by atoms with Crippen LogP contribution >= 0.6 is 11.6 Å². The molecule has 0 fully saturated rings. The number of nitrogens with one attached hydrogen (secondary N) is 2. The Balaban J connectivity index is 1.44. The fraction of sp³-hybridized carbons (Fsp3) is 0.0645. The molecule has 1 aromatic heterocycles. The van der Waals surface area contributed by atoms with E-state index in [2.05, 4.69) is 15.5 Å². The van der Waals surface area contributed by atoms with Crippen LogP contribution in [0.25, 0.3) is 22.0 Å². The third kappa shape index (κ3) is 6.30. The van der Waals surface area contributed by atoms with Crippen molar-refractivity contribution >= 4 is 40.6 Å². The molecule has 0 aliphatic rings. The molecule has 0 atom stereocenters. The molecule has 0 aliphatic carbocycles. The zero-order valence-electron chi connectivity index (χ0n) is 22.1. The van der Waals surface area contributed by atoms with Crippen molar-refractivity contribution in [1.82, 2.24) is 10.4 Å². The number of alkyl halides is 6. The summed E-state index contributed by atoms with van der Waals surface area (Å²) in [5, 5.41) is 4.16. The van der Waals surface area contributed by atoms with Gasteiger partial charge in [0.05, 0.1) is 28.4 Å². The zero-order valence-corrected chi connectivity index (χ0v) is 22.8. The van der Waals surface area contributed by atoms with Crippen LogP contribution in [0.4, 0.5) is 26.3 Å². The van der Waals surface area contributed by atoms with Crippen molar-refractivity contribution in [2.24, 2.45) is 5.10 Å². The van der Waals surface area contributed by atoms with E-state index in [4.69, 9.17) is 16.3 Å². The van der Waals surface area contributed by atoms with Gasteiger partial charge in [0.25, 0.3) is 5.91 Å². The Labute approximate surface area is 249 Å². The number of aromatic nitrogens is 1. The summed E-state index contributed by atoms with van der Waals surface area (Å²) in [6.07, 6.45) is -8.28. The van der Waals surface area contributed by atoms with E-state index in [-0.39, 0.29) is 44.1 Å². The highest BCUT2D eigenvalue weighted by Crippen LogP contribution is 2.41. The number of nitrogens with zero attached hydrogens (tertiary/aromatic N) is 1. The van der Waals surface area contributed by atoms with Gasteiger partial charge in [-0.1, -0.05) is 60.1 Å². The van der Waals surface area contributed by atoms with Crippen LogP contribution in [0, 0.1) is 0 Å². The maximum atomic E-state index is 13.8. The highest BCUT2D eigenvalue weighted by molar-refractivity contribution is 6.34. The molecule has 4 aromatic carbocycles. The number of benzene rings is 4. The summed E-state index contributed by atoms with van der Waals surface area (Å²) >= 11 is 6.35. The Kier molecular flexibility index (Phi) is 8.20. The molecule has 0 saturated heterocycles. The van der Waals surface area contributed by atoms with E-state index in [0.29, 0.717) is 11.6 Å². The van der Waals surface area contributed by atoms with E-state index in [1.165, 1.54) is 36.4 Å². The first kappa shape index (κ1) is 30.4. The van der Waals surface area contributed by atoms with Crippen LogP contribution in [-0.4, -0.2) is 23.1 Å². The molecule has 5 aromatic rings. The van der Waals surface area contributed by atoms with Crippen LogP contribution in [0.3, 0.4) is 0 Å². The first-order valence-corrected chi connectivity index (χ1v) is 13.0. The Morgan fingerprint density at radius 1 is 0.841 bits per heavy atom. The van der Waals surface area contributed by atoms with Gasteiger partial charge in [0.1, 0.15) is 11.4 Å². The Hall–Kier alpha value is -5.10. The van der Waals surface area contributed by atoms with Crippen LogP contribution < -0.4 is 10.2 Å². The van der Waals surface area contributed by atoms with Gasteiger partial charge in [-0.15, -0.1) is 0 Å². The molecule has 1 amide bonds. The van der Waals surface area contributed by atoms with Crippen molar-refractivity contribution in [1.29, 1.82) is 0 Å². The van der Waals surface area contributed by atoms with E-state index in [9.17, 15) is 35.9 Å². The number of aromatic amines is 1. The number of esters is 1. The topological polar surface area (TPSA) is 83.5 Å². The van der Waals surface area contributed by atoms with Gasteiger partial charge in [-0.2, -0.15) is 31.4 Å². The summed E-state index contributed by atoms with van der Waals surface area (Å²) in [6.45, 7) is 0. The molecule has 0 aliphatic heterocycles. The SMILES string of the molecule is O=C(Oc1ccccc1C=NNC(=O)c1[nH]c2c(C(F)(F)F)cccc2c1-c1ccccc1Cl)c1cccc(C(F)(F)F)c1. The highest BCUT2D eigenvalue weighted by atomic mass is 35.5. The third-order valence-corrected chi connectivity index (χ3v) is 6.76. The summed E-state index contributed by atoms with van der Waals surface area (Å²) in [4.78, 5) is 28.4. The van der Waals surface area contributed by atoms with Crippen molar-refractivity contribution < 1.29 is 40.7 Å². The minimum absolute atomic E-state index is 0.0786. The minimum Gasteiger partial charge on any atom is -0.422 e. The third-order valence-electron chi connectivity index (χ3n) is 6.43. The molecule has 6 nitrogen and oxygen atoms in total. The normalized spacial score (nSPS) is 12.1. The molecule has 5 rings (SSSR count). The highest BCUT2D eigenvalue weighted by Gasteiger charge is 2.35. The van der Waals surface area contributed by atoms with Crippen LogP contribution in [0.1, 0.15) is 37.5 Å². The number of amides is 1. The Bertz CT molecular complexity index is 1910. The van der Waals surface area contributed by atoms with E-state index < -0.39 is 35.4 Å². The predicted molar refractivity (Wildman–Crippen MR) is 152 cm³/mol. The first-order valence-electron chi connectivity index (χ1n) is 12.6. The summed E-state index contributed by atoms with van der Waals surface area (Å²) in [5.74, 6) is -2.05.